The predicted octanol–water partition coefficient (Wildman–Crippen LogP) is 35.3. The van der Waals surface area contributed by atoms with E-state index in [2.05, 4.69) is 447 Å². The third-order valence-corrected chi connectivity index (χ3v) is 27.4. The van der Waals surface area contributed by atoms with Gasteiger partial charge in [0.1, 0.15) is 33.5 Å². The number of anilines is 6. The Morgan fingerprint density at radius 3 is 1.10 bits per heavy atom. The number of nitrogens with zero attached hydrogens (tertiary/aromatic N) is 2. The predicted molar refractivity (Wildman–Crippen MR) is 534 cm³/mol. The molecule has 0 aliphatic heterocycles. The molecule has 0 bridgehead atoms. The normalized spacial score (nSPS) is 12.0. The summed E-state index contributed by atoms with van der Waals surface area (Å²) < 4.78 is 23.3. The van der Waals surface area contributed by atoms with Crippen LogP contribution in [0.25, 0.3) is 229 Å². The minimum absolute atomic E-state index is 0.833. The Kier molecular flexibility index (Phi) is 16.2. The zero-order valence-corrected chi connectivity index (χ0v) is 68.9. The number of benzene rings is 22. The van der Waals surface area contributed by atoms with Crippen LogP contribution in [0.1, 0.15) is 0 Å². The highest BCUT2D eigenvalue weighted by Gasteiger charge is 2.26. The van der Waals surface area contributed by atoms with Crippen LogP contribution < -0.4 is 9.80 Å². The summed E-state index contributed by atoms with van der Waals surface area (Å²) in [5.74, 6) is 0. The third kappa shape index (κ3) is 11.5. The van der Waals surface area contributed by atoms with Gasteiger partial charge in [-0.25, -0.2) is 0 Å². The Balaban J connectivity index is 0.530. The molecule has 0 radical (unpaired) electrons. The summed E-state index contributed by atoms with van der Waals surface area (Å²) in [6, 6.07) is 160. The SMILES string of the molecule is c1ccc(N(c2ccc(-c3ccc4oc5cc(-c6ccc7c(ccc8c7oc7cccc(-c9ccccc9N(c9ccc(-c%10ccc%11sc%12ccccc%12c%11c%10)cc9)c9ccc(-c%10cc%11ccccc%11c%11ccccc%10%11)cc9)c78)c6)ccc5c4c3)cc2)c2ccc(-c3cc4ccccc4c4ccccc34)cc2)c(-c2cccc3oc4c5ccccc5ccc4c23)c1. The van der Waals surface area contributed by atoms with Gasteiger partial charge in [0.25, 0.3) is 0 Å². The number of hydrogen-bond donors (Lipinski definition) is 0. The fourth-order valence-electron chi connectivity index (χ4n) is 20.3. The average molecular weight is 1620 g/mol. The number of hydrogen-bond acceptors (Lipinski definition) is 6. The molecule has 0 atom stereocenters. The van der Waals surface area contributed by atoms with Crippen LogP contribution in [0.15, 0.2) is 450 Å². The molecule has 0 spiro atoms. The van der Waals surface area contributed by atoms with Gasteiger partial charge < -0.3 is 23.1 Å². The van der Waals surface area contributed by atoms with E-state index in [9.17, 15) is 0 Å². The second-order valence-corrected chi connectivity index (χ2v) is 34.3. The molecule has 0 saturated carbocycles. The average Bonchev–Trinajstić information content (AvgIpc) is 1.57. The first-order valence-corrected chi connectivity index (χ1v) is 43.9. The van der Waals surface area contributed by atoms with Gasteiger partial charge in [-0.05, 0) is 272 Å². The number of para-hydroxylation sites is 2. The summed E-state index contributed by atoms with van der Waals surface area (Å²) in [6.45, 7) is 0. The van der Waals surface area contributed by atoms with Crippen molar-refractivity contribution in [3.8, 4) is 77.9 Å². The van der Waals surface area contributed by atoms with Crippen molar-refractivity contribution in [2.24, 2.45) is 0 Å². The lowest BCUT2D eigenvalue weighted by Gasteiger charge is -2.28. The maximum atomic E-state index is 7.09. The van der Waals surface area contributed by atoms with Crippen molar-refractivity contribution >= 4 is 196 Å². The van der Waals surface area contributed by atoms with Crippen molar-refractivity contribution in [1.29, 1.82) is 0 Å². The molecule has 0 saturated heterocycles. The second-order valence-electron chi connectivity index (χ2n) is 33.2. The quantitative estimate of drug-likeness (QED) is 0.108. The summed E-state index contributed by atoms with van der Waals surface area (Å²) in [4.78, 5) is 4.83. The zero-order valence-electron chi connectivity index (χ0n) is 68.1. The van der Waals surface area contributed by atoms with E-state index in [0.717, 1.165) is 183 Å². The molecule has 0 aliphatic rings. The Hall–Kier alpha value is -16.4. The molecule has 6 heteroatoms. The van der Waals surface area contributed by atoms with E-state index in [4.69, 9.17) is 13.3 Å². The van der Waals surface area contributed by atoms with E-state index in [1.165, 1.54) is 80.0 Å². The molecule has 0 N–H and O–H groups in total. The number of rotatable bonds is 13. The van der Waals surface area contributed by atoms with Gasteiger partial charge in [-0.15, -0.1) is 11.3 Å². The van der Waals surface area contributed by atoms with Crippen LogP contribution in [0.3, 0.4) is 0 Å². The molecule has 0 aliphatic carbocycles. The van der Waals surface area contributed by atoms with Gasteiger partial charge in [-0.1, -0.05) is 285 Å². The smallest absolute Gasteiger partial charge is 0.143 e. The fraction of sp³-hybridized carbons (Fsp3) is 0. The highest BCUT2D eigenvalue weighted by atomic mass is 32.1. The maximum absolute atomic E-state index is 7.09. The van der Waals surface area contributed by atoms with Crippen molar-refractivity contribution < 1.29 is 13.3 Å². The summed E-state index contributed by atoms with van der Waals surface area (Å²) in [5.41, 5.74) is 27.2. The molecule has 4 heterocycles. The fourth-order valence-corrected chi connectivity index (χ4v) is 21.3. The number of fused-ring (bicyclic) bond motifs is 22. The van der Waals surface area contributed by atoms with Crippen LogP contribution in [-0.4, -0.2) is 0 Å². The van der Waals surface area contributed by atoms with Crippen molar-refractivity contribution in [1.82, 2.24) is 0 Å². The first-order chi connectivity index (χ1) is 62.4. The van der Waals surface area contributed by atoms with Crippen molar-refractivity contribution in [2.75, 3.05) is 9.80 Å². The van der Waals surface area contributed by atoms with Gasteiger partial charge in [0, 0.05) is 97.1 Å². The van der Waals surface area contributed by atoms with E-state index >= 15 is 0 Å². The Labute approximate surface area is 728 Å². The van der Waals surface area contributed by atoms with Crippen molar-refractivity contribution in [3.05, 3.63) is 437 Å². The topological polar surface area (TPSA) is 45.9 Å². The first kappa shape index (κ1) is 71.4. The van der Waals surface area contributed by atoms with Crippen molar-refractivity contribution in [3.63, 3.8) is 0 Å². The van der Waals surface area contributed by atoms with E-state index in [-0.39, 0.29) is 0 Å². The molecule has 0 unspecified atom stereocenters. The minimum atomic E-state index is 0.833. The largest absolute Gasteiger partial charge is 0.456 e. The summed E-state index contributed by atoms with van der Waals surface area (Å²) in [6.07, 6.45) is 0. The van der Waals surface area contributed by atoms with E-state index in [0.29, 0.717) is 0 Å². The Bertz CT molecular complexity index is 8980. The molecule has 5 nitrogen and oxygen atoms in total. The molecule has 586 valence electrons. The third-order valence-electron chi connectivity index (χ3n) is 26.2. The summed E-state index contributed by atoms with van der Waals surface area (Å²) in [5, 5.41) is 23.4. The lowest BCUT2D eigenvalue weighted by Crippen LogP contribution is -2.11. The first-order valence-electron chi connectivity index (χ1n) is 43.0. The van der Waals surface area contributed by atoms with E-state index in [1.54, 1.807) is 0 Å². The maximum Gasteiger partial charge on any atom is 0.143 e. The standard InChI is InChI=1S/C120H72N2O3S/c1-6-24-91-75(19-1)47-63-103-117-101(32-17-36-112(117)124-119(91)103)97-29-11-14-34-109(97)121(87-57-43-76(44-58-87)105-70-82-20-2-4-22-89(82)93-25-7-9-27-95(93)105)85-53-39-73(40-54-85)79-51-65-111-107(68-79)99-62-49-81(72-114(99)123-111)78-48-61-92-84(67-78)50-64-104-118-102(33-18-37-113(118)125-120(92)104)98-30-12-15-35-110(98)122(86-55-41-74(42-56-86)80-52-66-116-108(69-80)100-31-13-16-38-115(100)126-116)88-59-45-77(46-60-88)106-71-83-21-3-5-23-90(83)94-26-8-10-28-96(94)106/h1-72H. The van der Waals surface area contributed by atoms with Crippen LogP contribution in [0, 0.1) is 0 Å². The number of furan rings is 3. The molecular weight excluding hydrogens is 1550 g/mol. The van der Waals surface area contributed by atoms with Crippen LogP contribution in [0.4, 0.5) is 34.1 Å². The monoisotopic (exact) mass is 1620 g/mol. The lowest BCUT2D eigenvalue weighted by molar-refractivity contribution is 0.669. The van der Waals surface area contributed by atoms with Crippen LogP contribution >= 0.6 is 11.3 Å². The van der Waals surface area contributed by atoms with Gasteiger partial charge in [0.2, 0.25) is 0 Å². The molecule has 0 fully saturated rings. The van der Waals surface area contributed by atoms with Gasteiger partial charge in [-0.3, -0.25) is 0 Å². The van der Waals surface area contributed by atoms with E-state index < -0.39 is 0 Å². The van der Waals surface area contributed by atoms with Gasteiger partial charge >= 0.3 is 0 Å². The molecule has 26 aromatic rings. The van der Waals surface area contributed by atoms with Gasteiger partial charge in [-0.2, -0.15) is 0 Å². The molecule has 126 heavy (non-hydrogen) atoms. The minimum Gasteiger partial charge on any atom is -0.456 e. The summed E-state index contributed by atoms with van der Waals surface area (Å²) >= 11 is 1.85. The lowest BCUT2D eigenvalue weighted by atomic mass is 9.93. The Morgan fingerprint density at radius 2 is 0.540 bits per heavy atom. The highest BCUT2D eigenvalue weighted by Crippen LogP contribution is 2.52. The molecule has 26 rings (SSSR count). The van der Waals surface area contributed by atoms with Gasteiger partial charge in [0.15, 0.2) is 0 Å². The number of thiophene rings is 1. The highest BCUT2D eigenvalue weighted by molar-refractivity contribution is 7.25. The Morgan fingerprint density at radius 1 is 0.167 bits per heavy atom. The van der Waals surface area contributed by atoms with Gasteiger partial charge in [0.05, 0.1) is 11.4 Å². The summed E-state index contributed by atoms with van der Waals surface area (Å²) in [7, 11) is 0. The second kappa shape index (κ2) is 28.6. The van der Waals surface area contributed by atoms with Crippen molar-refractivity contribution in [2.45, 2.75) is 0 Å². The van der Waals surface area contributed by atoms with Crippen LogP contribution in [0.2, 0.25) is 0 Å². The molecular formula is C120H72N2O3S. The van der Waals surface area contributed by atoms with Crippen LogP contribution in [0.5, 0.6) is 0 Å². The van der Waals surface area contributed by atoms with E-state index in [1.807, 2.05) is 11.3 Å². The molecule has 22 aromatic carbocycles. The zero-order chi connectivity index (χ0) is 82.6. The molecule has 0 amide bonds. The molecule has 4 aromatic heterocycles. The van der Waals surface area contributed by atoms with Crippen LogP contribution in [-0.2, 0) is 0 Å².